The summed E-state index contributed by atoms with van der Waals surface area (Å²) in [5.74, 6) is -0.751. The summed E-state index contributed by atoms with van der Waals surface area (Å²) in [6.45, 7) is 3.24. The molecule has 1 aromatic rings. The second-order valence-electron chi connectivity index (χ2n) is 4.17. The quantitative estimate of drug-likeness (QED) is 0.734. The van der Waals surface area contributed by atoms with Crippen molar-refractivity contribution in [3.05, 3.63) is 30.1 Å². The fraction of sp³-hybridized carbons (Fsp3) is 0.273. The molecule has 0 aromatic heterocycles. The van der Waals surface area contributed by atoms with E-state index in [4.69, 9.17) is 0 Å². The summed E-state index contributed by atoms with van der Waals surface area (Å²) < 4.78 is 12.7. The smallest absolute Gasteiger partial charge is 0.323 e. The molecule has 4 nitrogen and oxygen atoms in total. The number of nitrogens with zero attached hydrogens (tertiary/aromatic N) is 1. The molecule has 5 heteroatoms. The third-order valence-electron chi connectivity index (χ3n) is 2.45. The van der Waals surface area contributed by atoms with Gasteiger partial charge in [0, 0.05) is 0 Å². The molecule has 0 spiro atoms. The molecule has 0 aliphatic carbocycles. The van der Waals surface area contributed by atoms with Crippen molar-refractivity contribution in [3.8, 4) is 0 Å². The average molecular weight is 222 g/mol. The van der Waals surface area contributed by atoms with Gasteiger partial charge in [0.1, 0.15) is 11.4 Å². The number of carbonyl (C=O) groups is 2. The summed E-state index contributed by atoms with van der Waals surface area (Å²) in [4.78, 5) is 24.5. The van der Waals surface area contributed by atoms with E-state index in [0.29, 0.717) is 5.69 Å². The van der Waals surface area contributed by atoms with Gasteiger partial charge in [-0.05, 0) is 38.1 Å². The van der Waals surface area contributed by atoms with Gasteiger partial charge in [0.05, 0.1) is 5.69 Å². The minimum atomic E-state index is -0.911. The van der Waals surface area contributed by atoms with Gasteiger partial charge in [-0.15, -0.1) is 0 Å². The van der Waals surface area contributed by atoms with Crippen molar-refractivity contribution in [2.75, 3.05) is 4.90 Å². The van der Waals surface area contributed by atoms with E-state index in [0.717, 1.165) is 4.90 Å². The minimum Gasteiger partial charge on any atom is -0.323 e. The summed E-state index contributed by atoms with van der Waals surface area (Å²) >= 11 is 0. The molecule has 0 unspecified atom stereocenters. The highest BCUT2D eigenvalue weighted by molar-refractivity contribution is 6.22. The number of amides is 3. The Morgan fingerprint density at radius 3 is 2.19 bits per heavy atom. The second kappa shape index (κ2) is 3.30. The molecule has 1 aromatic carbocycles. The maximum absolute atomic E-state index is 12.7. The Hall–Kier alpha value is -1.91. The summed E-state index contributed by atoms with van der Waals surface area (Å²) in [5.41, 5.74) is -0.541. The fourth-order valence-corrected chi connectivity index (χ4v) is 1.57. The minimum absolute atomic E-state index is 0.343. The zero-order valence-corrected chi connectivity index (χ0v) is 8.95. The number of hydrogen-bond acceptors (Lipinski definition) is 2. The highest BCUT2D eigenvalue weighted by atomic mass is 19.1. The number of rotatable bonds is 1. The Balaban J connectivity index is 2.39. The SMILES string of the molecule is CC1(C)NC(=O)N(c2ccc(F)cc2)C1=O. The number of halogens is 1. The average Bonchev–Trinajstić information content (AvgIpc) is 2.39. The van der Waals surface area contributed by atoms with Crippen LogP contribution in [-0.4, -0.2) is 17.5 Å². The van der Waals surface area contributed by atoms with Gasteiger partial charge in [0.2, 0.25) is 0 Å². The molecule has 0 radical (unpaired) electrons. The highest BCUT2D eigenvalue weighted by Gasteiger charge is 2.44. The van der Waals surface area contributed by atoms with Crippen LogP contribution >= 0.6 is 0 Å². The number of nitrogens with one attached hydrogen (secondary N) is 1. The molecule has 0 atom stereocenters. The van der Waals surface area contributed by atoms with Crippen molar-refractivity contribution in [3.63, 3.8) is 0 Å². The summed E-state index contributed by atoms with van der Waals surface area (Å²) in [7, 11) is 0. The molecule has 1 saturated heterocycles. The van der Waals surface area contributed by atoms with Gasteiger partial charge in [-0.2, -0.15) is 0 Å². The Morgan fingerprint density at radius 2 is 1.75 bits per heavy atom. The van der Waals surface area contributed by atoms with Crippen LogP contribution in [0.5, 0.6) is 0 Å². The molecule has 1 aliphatic rings. The molecule has 3 amide bonds. The van der Waals surface area contributed by atoms with E-state index in [2.05, 4.69) is 5.32 Å². The molecular formula is C11H11FN2O2. The van der Waals surface area contributed by atoms with Crippen LogP contribution < -0.4 is 10.2 Å². The van der Waals surface area contributed by atoms with Crippen LogP contribution in [0.4, 0.5) is 14.9 Å². The van der Waals surface area contributed by atoms with Gasteiger partial charge in [-0.1, -0.05) is 0 Å². The van der Waals surface area contributed by atoms with Crippen molar-refractivity contribution in [1.82, 2.24) is 5.32 Å². The zero-order chi connectivity index (χ0) is 11.9. The largest absolute Gasteiger partial charge is 0.329 e. The zero-order valence-electron chi connectivity index (χ0n) is 8.95. The maximum Gasteiger partial charge on any atom is 0.329 e. The first-order valence-electron chi connectivity index (χ1n) is 4.84. The number of urea groups is 1. The number of benzene rings is 1. The third-order valence-corrected chi connectivity index (χ3v) is 2.45. The number of imide groups is 1. The van der Waals surface area contributed by atoms with Gasteiger partial charge in [-0.25, -0.2) is 14.1 Å². The van der Waals surface area contributed by atoms with E-state index in [1.165, 1.54) is 24.3 Å². The molecule has 1 heterocycles. The normalized spacial score (nSPS) is 18.8. The standard InChI is InChI=1S/C11H11FN2O2/c1-11(2)9(15)14(10(16)13-11)8-5-3-7(12)4-6-8/h3-6H,1-2H3,(H,13,16). The Morgan fingerprint density at radius 1 is 1.19 bits per heavy atom. The van der Waals surface area contributed by atoms with E-state index in [1.807, 2.05) is 0 Å². The fourth-order valence-electron chi connectivity index (χ4n) is 1.57. The summed E-state index contributed by atoms with van der Waals surface area (Å²) in [6, 6.07) is 4.73. The first kappa shape index (κ1) is 10.6. The first-order valence-corrected chi connectivity index (χ1v) is 4.84. The van der Waals surface area contributed by atoms with E-state index in [-0.39, 0.29) is 5.91 Å². The Labute approximate surface area is 92.0 Å². The lowest BCUT2D eigenvalue weighted by Gasteiger charge is -2.15. The molecule has 2 rings (SSSR count). The van der Waals surface area contributed by atoms with E-state index < -0.39 is 17.4 Å². The van der Waals surface area contributed by atoms with Crippen molar-refractivity contribution < 1.29 is 14.0 Å². The third kappa shape index (κ3) is 1.54. The lowest BCUT2D eigenvalue weighted by atomic mass is 10.1. The Kier molecular flexibility index (Phi) is 2.18. The van der Waals surface area contributed by atoms with Crippen molar-refractivity contribution in [2.24, 2.45) is 0 Å². The molecule has 1 N–H and O–H groups in total. The summed E-state index contributed by atoms with van der Waals surface area (Å²) in [6.07, 6.45) is 0. The van der Waals surface area contributed by atoms with Crippen LogP contribution in [0.25, 0.3) is 0 Å². The monoisotopic (exact) mass is 222 g/mol. The van der Waals surface area contributed by atoms with Gasteiger partial charge in [0.25, 0.3) is 5.91 Å². The Bertz CT molecular complexity index is 454. The first-order chi connectivity index (χ1) is 7.42. The van der Waals surface area contributed by atoms with E-state index >= 15 is 0 Å². The second-order valence-corrected chi connectivity index (χ2v) is 4.17. The highest BCUT2D eigenvalue weighted by Crippen LogP contribution is 2.24. The molecule has 0 saturated carbocycles. The van der Waals surface area contributed by atoms with Crippen LogP contribution in [0.15, 0.2) is 24.3 Å². The molecular weight excluding hydrogens is 211 g/mol. The maximum atomic E-state index is 12.7. The lowest BCUT2D eigenvalue weighted by molar-refractivity contribution is -0.121. The van der Waals surface area contributed by atoms with Crippen LogP contribution in [0.3, 0.4) is 0 Å². The van der Waals surface area contributed by atoms with Crippen molar-refractivity contribution in [1.29, 1.82) is 0 Å². The van der Waals surface area contributed by atoms with Crippen molar-refractivity contribution >= 4 is 17.6 Å². The van der Waals surface area contributed by atoms with E-state index in [9.17, 15) is 14.0 Å². The van der Waals surface area contributed by atoms with Gasteiger partial charge >= 0.3 is 6.03 Å². The predicted molar refractivity (Wildman–Crippen MR) is 56.5 cm³/mol. The number of carbonyl (C=O) groups excluding carboxylic acids is 2. The molecule has 16 heavy (non-hydrogen) atoms. The topological polar surface area (TPSA) is 49.4 Å². The van der Waals surface area contributed by atoms with Gasteiger partial charge in [-0.3, -0.25) is 4.79 Å². The molecule has 0 bridgehead atoms. The summed E-state index contributed by atoms with van der Waals surface area (Å²) in [5, 5.41) is 2.55. The van der Waals surface area contributed by atoms with Crippen molar-refractivity contribution in [2.45, 2.75) is 19.4 Å². The number of anilines is 1. The molecule has 84 valence electrons. The number of hydrogen-bond donors (Lipinski definition) is 1. The van der Waals surface area contributed by atoms with Gasteiger partial charge in [0.15, 0.2) is 0 Å². The predicted octanol–water partition coefficient (Wildman–Crippen LogP) is 1.66. The van der Waals surface area contributed by atoms with Gasteiger partial charge < -0.3 is 5.32 Å². The van der Waals surface area contributed by atoms with E-state index in [1.54, 1.807) is 13.8 Å². The van der Waals surface area contributed by atoms with Crippen LogP contribution in [0.2, 0.25) is 0 Å². The van der Waals surface area contributed by atoms with Crippen LogP contribution in [-0.2, 0) is 4.79 Å². The molecule has 1 aliphatic heterocycles. The lowest BCUT2D eigenvalue weighted by Crippen LogP contribution is -2.40. The van der Waals surface area contributed by atoms with Crippen LogP contribution in [0, 0.1) is 5.82 Å². The van der Waals surface area contributed by atoms with Crippen LogP contribution in [0.1, 0.15) is 13.8 Å². The molecule has 1 fully saturated rings.